The van der Waals surface area contributed by atoms with Crippen LogP contribution in [0, 0.1) is 0 Å². The van der Waals surface area contributed by atoms with Crippen molar-refractivity contribution >= 4 is 23.2 Å². The fourth-order valence-corrected chi connectivity index (χ4v) is 3.72. The topological polar surface area (TPSA) is 36.3 Å². The average molecular weight is 425 g/mol. The second kappa shape index (κ2) is 10.5. The number of hydrogen-bond acceptors (Lipinski definition) is 3. The van der Waals surface area contributed by atoms with Gasteiger partial charge < -0.3 is 14.0 Å². The number of nitrogens with zero attached hydrogens (tertiary/aromatic N) is 2. The molecule has 0 aliphatic rings. The van der Waals surface area contributed by atoms with Crippen LogP contribution in [0.2, 0.25) is 0 Å². The number of para-hydroxylation sites is 2. The third-order valence-corrected chi connectivity index (χ3v) is 5.30. The van der Waals surface area contributed by atoms with E-state index in [0.29, 0.717) is 6.61 Å². The minimum Gasteiger partial charge on any atom is -0.493 e. The molecule has 0 amide bonds. The first kappa shape index (κ1) is 21.4. The lowest BCUT2D eigenvalue weighted by molar-refractivity contribution is 0.283. The first-order valence-corrected chi connectivity index (χ1v) is 10.9. The lowest BCUT2D eigenvalue weighted by Crippen LogP contribution is -2.06. The Morgan fingerprint density at radius 3 is 2.56 bits per heavy atom. The number of aryl methyl sites for hydroxylation is 1. The molecule has 0 spiro atoms. The highest BCUT2D eigenvalue weighted by atomic mass is 16.5. The summed E-state index contributed by atoms with van der Waals surface area (Å²) in [6, 6.07) is 24.6. The quantitative estimate of drug-likeness (QED) is 0.218. The molecule has 0 atom stereocenters. The summed E-state index contributed by atoms with van der Waals surface area (Å²) in [6.45, 7) is 5.19. The SMILES string of the molecule is C=CCc1ccc(OCCCn2c(/C=C/c3ccccc3)nc3ccccc32)c(OC)c1. The first-order chi connectivity index (χ1) is 15.8. The van der Waals surface area contributed by atoms with Crippen molar-refractivity contribution in [3.8, 4) is 11.5 Å². The van der Waals surface area contributed by atoms with Gasteiger partial charge in [0.05, 0.1) is 24.8 Å². The molecule has 4 heteroatoms. The zero-order valence-corrected chi connectivity index (χ0v) is 18.4. The second-order valence-corrected chi connectivity index (χ2v) is 7.53. The van der Waals surface area contributed by atoms with E-state index in [0.717, 1.165) is 58.9 Å². The van der Waals surface area contributed by atoms with Crippen molar-refractivity contribution in [1.29, 1.82) is 0 Å². The number of ether oxygens (including phenoxy) is 2. The Morgan fingerprint density at radius 1 is 0.938 bits per heavy atom. The van der Waals surface area contributed by atoms with Gasteiger partial charge in [-0.1, -0.05) is 60.7 Å². The van der Waals surface area contributed by atoms with Crippen molar-refractivity contribution < 1.29 is 9.47 Å². The van der Waals surface area contributed by atoms with Crippen molar-refractivity contribution in [2.75, 3.05) is 13.7 Å². The smallest absolute Gasteiger partial charge is 0.161 e. The Kier molecular flexibility index (Phi) is 7.03. The molecule has 0 unspecified atom stereocenters. The summed E-state index contributed by atoms with van der Waals surface area (Å²) in [6.07, 6.45) is 7.73. The zero-order valence-electron chi connectivity index (χ0n) is 18.4. The summed E-state index contributed by atoms with van der Waals surface area (Å²) in [5, 5.41) is 0. The third-order valence-electron chi connectivity index (χ3n) is 5.30. The van der Waals surface area contributed by atoms with Crippen LogP contribution in [0.1, 0.15) is 23.4 Å². The van der Waals surface area contributed by atoms with E-state index in [4.69, 9.17) is 14.5 Å². The minimum absolute atomic E-state index is 0.589. The number of imidazole rings is 1. The molecule has 0 aliphatic heterocycles. The van der Waals surface area contributed by atoms with Crippen molar-refractivity contribution in [3.05, 3.63) is 102 Å². The number of hydrogen-bond donors (Lipinski definition) is 0. The number of fused-ring (bicyclic) bond motifs is 1. The summed E-state index contributed by atoms with van der Waals surface area (Å²) in [4.78, 5) is 4.83. The van der Waals surface area contributed by atoms with E-state index >= 15 is 0 Å². The van der Waals surface area contributed by atoms with E-state index in [-0.39, 0.29) is 0 Å². The molecule has 0 saturated carbocycles. The Hall–Kier alpha value is -3.79. The highest BCUT2D eigenvalue weighted by molar-refractivity contribution is 5.79. The Bertz CT molecular complexity index is 1210. The molecule has 0 N–H and O–H groups in total. The third kappa shape index (κ3) is 5.09. The van der Waals surface area contributed by atoms with Crippen LogP contribution < -0.4 is 9.47 Å². The van der Waals surface area contributed by atoms with Gasteiger partial charge >= 0.3 is 0 Å². The largest absolute Gasteiger partial charge is 0.493 e. The lowest BCUT2D eigenvalue weighted by atomic mass is 10.1. The Morgan fingerprint density at radius 2 is 1.75 bits per heavy atom. The van der Waals surface area contributed by atoms with Crippen LogP contribution >= 0.6 is 0 Å². The summed E-state index contributed by atoms with van der Waals surface area (Å²) in [5.74, 6) is 2.46. The number of rotatable bonds is 10. The van der Waals surface area contributed by atoms with Gasteiger partial charge in [0.25, 0.3) is 0 Å². The molecule has 32 heavy (non-hydrogen) atoms. The number of methoxy groups -OCH3 is 1. The molecule has 0 fully saturated rings. The van der Waals surface area contributed by atoms with Crippen LogP contribution in [0.3, 0.4) is 0 Å². The predicted octanol–water partition coefficient (Wildman–Crippen LogP) is 6.41. The number of aromatic nitrogens is 2. The number of allylic oxidation sites excluding steroid dienone is 1. The van der Waals surface area contributed by atoms with Gasteiger partial charge in [-0.3, -0.25) is 0 Å². The molecular formula is C28H28N2O2. The van der Waals surface area contributed by atoms with Gasteiger partial charge in [-0.05, 0) is 54.3 Å². The maximum absolute atomic E-state index is 6.04. The normalized spacial score (nSPS) is 11.2. The Balaban J connectivity index is 1.46. The van der Waals surface area contributed by atoms with E-state index < -0.39 is 0 Å². The molecular weight excluding hydrogens is 396 g/mol. The molecule has 0 aliphatic carbocycles. The van der Waals surface area contributed by atoms with Gasteiger partial charge in [-0.15, -0.1) is 6.58 Å². The van der Waals surface area contributed by atoms with E-state index in [1.165, 1.54) is 0 Å². The minimum atomic E-state index is 0.589. The van der Waals surface area contributed by atoms with Gasteiger partial charge in [0.15, 0.2) is 11.5 Å². The van der Waals surface area contributed by atoms with Crippen molar-refractivity contribution in [2.45, 2.75) is 19.4 Å². The van der Waals surface area contributed by atoms with Crippen molar-refractivity contribution in [3.63, 3.8) is 0 Å². The van der Waals surface area contributed by atoms with Gasteiger partial charge in [0.2, 0.25) is 0 Å². The van der Waals surface area contributed by atoms with Gasteiger partial charge in [-0.2, -0.15) is 0 Å². The summed E-state index contributed by atoms with van der Waals surface area (Å²) >= 11 is 0. The van der Waals surface area contributed by atoms with E-state index in [9.17, 15) is 0 Å². The molecule has 4 nitrogen and oxygen atoms in total. The molecule has 4 rings (SSSR count). The highest BCUT2D eigenvalue weighted by Gasteiger charge is 2.09. The molecule has 162 valence electrons. The van der Waals surface area contributed by atoms with Crippen LogP contribution in [0.5, 0.6) is 11.5 Å². The van der Waals surface area contributed by atoms with E-state index in [1.807, 2.05) is 42.5 Å². The molecule has 1 aromatic heterocycles. The van der Waals surface area contributed by atoms with Gasteiger partial charge in [-0.25, -0.2) is 4.98 Å². The standard InChI is InChI=1S/C28H28N2O2/c1-3-10-23-15-17-26(27(21-23)31-2)32-20-9-19-30-25-14-8-7-13-24(25)29-28(30)18-16-22-11-5-4-6-12-22/h3-8,11-18,21H,1,9-10,19-20H2,2H3/b18-16+. The first-order valence-electron chi connectivity index (χ1n) is 10.9. The zero-order chi connectivity index (χ0) is 22.2. The van der Waals surface area contributed by atoms with E-state index in [1.54, 1.807) is 7.11 Å². The highest BCUT2D eigenvalue weighted by Crippen LogP contribution is 2.28. The molecule has 3 aromatic carbocycles. The number of benzene rings is 3. The fraction of sp³-hybridized carbons (Fsp3) is 0.179. The maximum Gasteiger partial charge on any atom is 0.161 e. The summed E-state index contributed by atoms with van der Waals surface area (Å²) in [7, 11) is 1.67. The van der Waals surface area contributed by atoms with E-state index in [2.05, 4.69) is 59.7 Å². The molecule has 4 aromatic rings. The molecule has 0 bridgehead atoms. The van der Waals surface area contributed by atoms with Crippen molar-refractivity contribution in [1.82, 2.24) is 9.55 Å². The average Bonchev–Trinajstić information content (AvgIpc) is 3.19. The summed E-state index contributed by atoms with van der Waals surface area (Å²) in [5.41, 5.74) is 4.44. The maximum atomic E-state index is 6.04. The van der Waals surface area contributed by atoms with Crippen LogP contribution in [0.4, 0.5) is 0 Å². The Labute approximate surface area is 189 Å². The lowest BCUT2D eigenvalue weighted by Gasteiger charge is -2.13. The second-order valence-electron chi connectivity index (χ2n) is 7.53. The van der Waals surface area contributed by atoms with Crippen LogP contribution in [-0.4, -0.2) is 23.3 Å². The summed E-state index contributed by atoms with van der Waals surface area (Å²) < 4.78 is 13.8. The monoisotopic (exact) mass is 424 g/mol. The van der Waals surface area contributed by atoms with Crippen LogP contribution in [-0.2, 0) is 13.0 Å². The molecule has 0 radical (unpaired) electrons. The molecule has 1 heterocycles. The van der Waals surface area contributed by atoms with Crippen LogP contribution in [0.15, 0.2) is 85.5 Å². The van der Waals surface area contributed by atoms with Gasteiger partial charge in [0.1, 0.15) is 5.82 Å². The predicted molar refractivity (Wildman–Crippen MR) is 132 cm³/mol. The fourth-order valence-electron chi connectivity index (χ4n) is 3.72. The van der Waals surface area contributed by atoms with Crippen LogP contribution in [0.25, 0.3) is 23.2 Å². The molecule has 0 saturated heterocycles. The van der Waals surface area contributed by atoms with Gasteiger partial charge in [0, 0.05) is 6.54 Å². The van der Waals surface area contributed by atoms with Crippen molar-refractivity contribution in [2.24, 2.45) is 0 Å².